The number of hydrogen-bond acceptors (Lipinski definition) is 6. The number of nitrogen functional groups attached to an aromatic ring is 1. The number of para-hydroxylation sites is 1. The third kappa shape index (κ3) is 3.92. The van der Waals surface area contributed by atoms with E-state index >= 15 is 0 Å². The van der Waals surface area contributed by atoms with Crippen LogP contribution in [0.5, 0.6) is 0 Å². The Bertz CT molecular complexity index is 965. The third-order valence-electron chi connectivity index (χ3n) is 3.30. The first-order chi connectivity index (χ1) is 12.1. The van der Waals surface area contributed by atoms with Crippen LogP contribution in [0, 0.1) is 5.82 Å². The van der Waals surface area contributed by atoms with Crippen molar-refractivity contribution in [3.05, 3.63) is 75.3 Å². The van der Waals surface area contributed by atoms with E-state index in [1.54, 1.807) is 18.2 Å². The average molecular weight is 378 g/mol. The molecule has 0 fully saturated rings. The van der Waals surface area contributed by atoms with E-state index < -0.39 is 11.4 Å². The first kappa shape index (κ1) is 17.2. The number of nitrogens with one attached hydrogen (secondary N) is 1. The van der Waals surface area contributed by atoms with E-state index in [9.17, 15) is 9.18 Å². The van der Waals surface area contributed by atoms with Crippen LogP contribution in [0.1, 0.15) is 5.56 Å². The number of rotatable bonds is 5. The van der Waals surface area contributed by atoms with E-state index in [1.807, 2.05) is 18.2 Å². The van der Waals surface area contributed by atoms with E-state index in [0.717, 1.165) is 10.2 Å². The molecule has 6 nitrogen and oxygen atoms in total. The van der Waals surface area contributed by atoms with Gasteiger partial charge in [-0.1, -0.05) is 53.7 Å². The van der Waals surface area contributed by atoms with E-state index in [-0.39, 0.29) is 16.7 Å². The zero-order chi connectivity index (χ0) is 17.8. The summed E-state index contributed by atoms with van der Waals surface area (Å²) in [6, 6.07) is 13.3. The third-order valence-corrected chi connectivity index (χ3v) is 4.67. The molecule has 0 amide bonds. The molecule has 25 heavy (non-hydrogen) atoms. The minimum absolute atomic E-state index is 0.116. The minimum atomic E-state index is -0.611. The first-order valence-corrected chi connectivity index (χ1v) is 8.55. The number of nitrogens with zero attached hydrogens (tertiary/aromatic N) is 3. The molecule has 3 aromatic rings. The Morgan fingerprint density at radius 1 is 1.16 bits per heavy atom. The van der Waals surface area contributed by atoms with Crippen LogP contribution >= 0.6 is 23.4 Å². The monoisotopic (exact) mass is 377 g/mol. The highest BCUT2D eigenvalue weighted by atomic mass is 35.5. The summed E-state index contributed by atoms with van der Waals surface area (Å²) in [6.45, 7) is 0. The van der Waals surface area contributed by atoms with Gasteiger partial charge in [-0.15, -0.1) is 10.2 Å². The molecule has 0 saturated heterocycles. The van der Waals surface area contributed by atoms with E-state index in [4.69, 9.17) is 17.4 Å². The lowest BCUT2D eigenvalue weighted by atomic mass is 10.2. The van der Waals surface area contributed by atoms with Gasteiger partial charge in [0.2, 0.25) is 11.0 Å². The van der Waals surface area contributed by atoms with Crippen molar-refractivity contribution in [3.63, 3.8) is 0 Å². The number of nitrogens with two attached hydrogens (primary N) is 1. The second kappa shape index (κ2) is 7.54. The van der Waals surface area contributed by atoms with Crippen molar-refractivity contribution in [2.45, 2.75) is 10.9 Å². The van der Waals surface area contributed by atoms with E-state index in [2.05, 4.69) is 15.5 Å². The highest BCUT2D eigenvalue weighted by molar-refractivity contribution is 7.98. The lowest BCUT2D eigenvalue weighted by molar-refractivity contribution is 0.631. The van der Waals surface area contributed by atoms with Crippen molar-refractivity contribution in [2.24, 2.45) is 0 Å². The van der Waals surface area contributed by atoms with Crippen LogP contribution in [0.25, 0.3) is 0 Å². The van der Waals surface area contributed by atoms with Gasteiger partial charge in [0.15, 0.2) is 0 Å². The molecule has 3 N–H and O–H groups in total. The predicted octanol–water partition coefficient (Wildman–Crippen LogP) is 3.18. The van der Waals surface area contributed by atoms with Gasteiger partial charge in [-0.05, 0) is 23.8 Å². The summed E-state index contributed by atoms with van der Waals surface area (Å²) in [5.41, 5.74) is 0.391. The molecule has 1 aromatic heterocycles. The van der Waals surface area contributed by atoms with Gasteiger partial charge < -0.3 is 11.2 Å². The molecule has 0 radical (unpaired) electrons. The Morgan fingerprint density at radius 2 is 1.88 bits per heavy atom. The predicted molar refractivity (Wildman–Crippen MR) is 97.1 cm³/mol. The molecule has 0 spiro atoms. The molecule has 0 aliphatic rings. The van der Waals surface area contributed by atoms with Gasteiger partial charge in [-0.3, -0.25) is 4.79 Å². The molecule has 1 heterocycles. The first-order valence-electron chi connectivity index (χ1n) is 7.19. The van der Waals surface area contributed by atoms with E-state index in [0.29, 0.717) is 10.8 Å². The quantitative estimate of drug-likeness (QED) is 0.524. The summed E-state index contributed by atoms with van der Waals surface area (Å²) in [7, 11) is 0. The summed E-state index contributed by atoms with van der Waals surface area (Å²) < 4.78 is 14.5. The molecule has 0 atom stereocenters. The Morgan fingerprint density at radius 3 is 2.64 bits per heavy atom. The fourth-order valence-corrected chi connectivity index (χ4v) is 3.15. The Labute approximate surface area is 151 Å². The highest BCUT2D eigenvalue weighted by Crippen LogP contribution is 2.24. The van der Waals surface area contributed by atoms with Crippen molar-refractivity contribution in [1.82, 2.24) is 14.9 Å². The number of hydrogen-bond donors (Lipinski definition) is 2. The van der Waals surface area contributed by atoms with Gasteiger partial charge in [0.1, 0.15) is 5.82 Å². The second-order valence-corrected chi connectivity index (χ2v) is 6.34. The van der Waals surface area contributed by atoms with Gasteiger partial charge in [-0.25, -0.2) is 4.39 Å². The Kier molecular flexibility index (Phi) is 5.20. The van der Waals surface area contributed by atoms with Crippen LogP contribution in [0.15, 0.2) is 58.5 Å². The molecule has 0 saturated carbocycles. The maximum atomic E-state index is 13.7. The number of aromatic nitrogens is 3. The number of anilines is 2. The van der Waals surface area contributed by atoms with E-state index in [1.165, 1.54) is 23.9 Å². The van der Waals surface area contributed by atoms with Crippen molar-refractivity contribution in [1.29, 1.82) is 0 Å². The zero-order valence-corrected chi connectivity index (χ0v) is 14.4. The van der Waals surface area contributed by atoms with Crippen LogP contribution in [-0.2, 0) is 5.75 Å². The Balaban J connectivity index is 1.80. The van der Waals surface area contributed by atoms with Crippen LogP contribution in [0.3, 0.4) is 0 Å². The fourth-order valence-electron chi connectivity index (χ4n) is 2.01. The number of thioether (sulfide) groups is 1. The molecule has 3 rings (SSSR count). The summed E-state index contributed by atoms with van der Waals surface area (Å²) >= 11 is 7.32. The zero-order valence-electron chi connectivity index (χ0n) is 12.8. The summed E-state index contributed by atoms with van der Waals surface area (Å²) in [6.07, 6.45) is 0. The topological polar surface area (TPSA) is 85.8 Å². The average Bonchev–Trinajstić information content (AvgIpc) is 2.61. The number of halogens is 2. The van der Waals surface area contributed by atoms with Crippen molar-refractivity contribution >= 4 is 34.9 Å². The van der Waals surface area contributed by atoms with Crippen LogP contribution in [0.4, 0.5) is 15.9 Å². The molecule has 0 unspecified atom stereocenters. The molecule has 0 aliphatic heterocycles. The molecule has 0 bridgehead atoms. The summed E-state index contributed by atoms with van der Waals surface area (Å²) in [5.74, 6) is 5.60. The molecule has 9 heteroatoms. The van der Waals surface area contributed by atoms with Gasteiger partial charge in [0.05, 0.1) is 5.69 Å². The van der Waals surface area contributed by atoms with Crippen molar-refractivity contribution in [3.8, 4) is 0 Å². The van der Waals surface area contributed by atoms with Gasteiger partial charge in [0, 0.05) is 10.8 Å². The van der Waals surface area contributed by atoms with Crippen molar-refractivity contribution in [2.75, 3.05) is 11.2 Å². The maximum Gasteiger partial charge on any atom is 0.315 e. The normalized spacial score (nSPS) is 10.6. The largest absolute Gasteiger partial charge is 0.334 e. The fraction of sp³-hybridized carbons (Fsp3) is 0.0625. The highest BCUT2D eigenvalue weighted by Gasteiger charge is 2.13. The van der Waals surface area contributed by atoms with Crippen LogP contribution < -0.4 is 16.7 Å². The maximum absolute atomic E-state index is 13.7. The molecular formula is C16H13ClFN5OS. The van der Waals surface area contributed by atoms with Gasteiger partial charge >= 0.3 is 5.56 Å². The standard InChI is InChI=1S/C16H13ClFN5OS/c17-11-6-2-1-5-10(11)9-25-16-22-21-14(15(24)23(16)19)20-13-8-4-3-7-12(13)18/h1-8H,9,19H2,(H,20,21). The summed E-state index contributed by atoms with van der Waals surface area (Å²) in [4.78, 5) is 12.3. The SMILES string of the molecule is Nn1c(SCc2ccccc2Cl)nnc(Nc2ccccc2F)c1=O. The molecule has 0 aliphatic carbocycles. The molecular weight excluding hydrogens is 365 g/mol. The molecule has 128 valence electrons. The minimum Gasteiger partial charge on any atom is -0.334 e. The van der Waals surface area contributed by atoms with Gasteiger partial charge in [-0.2, -0.15) is 4.68 Å². The van der Waals surface area contributed by atoms with Crippen LogP contribution in [-0.4, -0.2) is 14.9 Å². The lowest BCUT2D eigenvalue weighted by Crippen LogP contribution is -2.32. The van der Waals surface area contributed by atoms with Crippen LogP contribution in [0.2, 0.25) is 5.02 Å². The number of benzene rings is 2. The lowest BCUT2D eigenvalue weighted by Gasteiger charge is -2.09. The van der Waals surface area contributed by atoms with Gasteiger partial charge in [0.25, 0.3) is 0 Å². The summed E-state index contributed by atoms with van der Waals surface area (Å²) in [5, 5.41) is 11.2. The smallest absolute Gasteiger partial charge is 0.315 e. The van der Waals surface area contributed by atoms with Crippen molar-refractivity contribution < 1.29 is 4.39 Å². The Hall–Kier alpha value is -2.58. The molecule has 2 aromatic carbocycles. The second-order valence-electron chi connectivity index (χ2n) is 4.99.